The van der Waals surface area contributed by atoms with Crippen molar-refractivity contribution in [3.8, 4) is 5.88 Å². The fourth-order valence-corrected chi connectivity index (χ4v) is 3.32. The van der Waals surface area contributed by atoms with Gasteiger partial charge in [0, 0.05) is 10.5 Å². The molecule has 1 N–H and O–H groups in total. The Balaban J connectivity index is 2.71. The third kappa shape index (κ3) is 5.78. The molecule has 96 valence electrons. The maximum Gasteiger partial charge on any atom is 0.311 e. The van der Waals surface area contributed by atoms with Crippen molar-refractivity contribution >= 4 is 44.8 Å². The minimum absolute atomic E-state index is 0.122. The van der Waals surface area contributed by atoms with E-state index in [1.165, 1.54) is 12.3 Å². The zero-order valence-electron chi connectivity index (χ0n) is 8.15. The summed E-state index contributed by atoms with van der Waals surface area (Å²) in [6.07, 6.45) is 1.28. The minimum atomic E-state index is -3.66. The summed E-state index contributed by atoms with van der Waals surface area (Å²) in [6, 6.07) is 1.28. The maximum absolute atomic E-state index is 11.3. The van der Waals surface area contributed by atoms with Gasteiger partial charge in [-0.25, -0.2) is 5.26 Å². The van der Waals surface area contributed by atoms with Gasteiger partial charge in [0.1, 0.15) is 0 Å². The molecule has 0 unspecified atom stereocenters. The zero-order chi connectivity index (χ0) is 12.7. The number of alkyl halides is 1. The van der Waals surface area contributed by atoms with Gasteiger partial charge in [-0.1, -0.05) is 27.6 Å². The fraction of sp³-hybridized carbons (Fsp3) is 0.333. The van der Waals surface area contributed by atoms with Gasteiger partial charge in [0.2, 0.25) is 0 Å². The Kier molecular flexibility index (Phi) is 6.35. The lowest BCUT2D eigenvalue weighted by molar-refractivity contribution is -0.432. The van der Waals surface area contributed by atoms with E-state index in [-0.39, 0.29) is 11.6 Å². The van der Waals surface area contributed by atoms with Gasteiger partial charge in [-0.05, 0) is 0 Å². The summed E-state index contributed by atoms with van der Waals surface area (Å²) in [5.41, 5.74) is 0. The molecule has 0 aromatic carbocycles. The van der Waals surface area contributed by atoms with Crippen molar-refractivity contribution in [2.75, 3.05) is 10.2 Å². The summed E-state index contributed by atoms with van der Waals surface area (Å²) in [6.45, 7) is 0. The van der Waals surface area contributed by atoms with Gasteiger partial charge in [-0.15, -0.1) is 9.43 Å². The summed E-state index contributed by atoms with van der Waals surface area (Å²) in [4.78, 5) is 0.355. The van der Waals surface area contributed by atoms with Crippen LogP contribution in [-0.4, -0.2) is 34.1 Å². The van der Waals surface area contributed by atoms with Crippen LogP contribution >= 0.6 is 34.6 Å². The van der Waals surface area contributed by atoms with Crippen LogP contribution < -0.4 is 4.18 Å². The number of rotatable bonds is 7. The summed E-state index contributed by atoms with van der Waals surface area (Å²) in [7, 11) is -3.66. The van der Waals surface area contributed by atoms with E-state index in [2.05, 4.69) is 23.8 Å². The van der Waals surface area contributed by atoms with Gasteiger partial charge in [0.05, 0.1) is 28.9 Å². The van der Waals surface area contributed by atoms with E-state index in [1.54, 1.807) is 0 Å². The van der Waals surface area contributed by atoms with Crippen molar-refractivity contribution in [1.82, 2.24) is 10.2 Å². The van der Waals surface area contributed by atoms with Gasteiger partial charge in [0.25, 0.3) is 5.88 Å². The van der Waals surface area contributed by atoms with E-state index in [0.717, 1.165) is 0 Å². The molecular weight excluding hydrogens is 387 g/mol. The molecule has 0 bridgehead atoms. The largest absolute Gasteiger partial charge is 0.360 e. The first-order valence-electron chi connectivity index (χ1n) is 4.03. The topological polar surface area (TPSA) is 108 Å². The Labute approximate surface area is 115 Å². The molecule has 1 aromatic heterocycles. The minimum Gasteiger partial charge on any atom is -0.360 e. The van der Waals surface area contributed by atoms with Crippen molar-refractivity contribution in [2.24, 2.45) is 0 Å². The van der Waals surface area contributed by atoms with Crippen molar-refractivity contribution in [3.63, 3.8) is 0 Å². The molecule has 0 fully saturated rings. The van der Waals surface area contributed by atoms with Crippen molar-refractivity contribution in [1.29, 1.82) is 0 Å². The zero-order valence-corrected chi connectivity index (χ0v) is 11.9. The van der Waals surface area contributed by atoms with Crippen LogP contribution in [-0.2, 0) is 19.5 Å². The van der Waals surface area contributed by atoms with E-state index >= 15 is 0 Å². The van der Waals surface area contributed by atoms with Gasteiger partial charge in [-0.3, -0.25) is 0 Å². The third-order valence-corrected chi connectivity index (χ3v) is 4.25. The molecule has 1 aromatic rings. The van der Waals surface area contributed by atoms with Gasteiger partial charge in [-0.2, -0.15) is 13.5 Å². The van der Waals surface area contributed by atoms with Crippen molar-refractivity contribution in [3.05, 3.63) is 12.3 Å². The van der Waals surface area contributed by atoms with Gasteiger partial charge in [0.15, 0.2) is 0 Å². The quantitative estimate of drug-likeness (QED) is 0.181. The van der Waals surface area contributed by atoms with Crippen LogP contribution in [0, 0.1) is 0 Å². The molecule has 1 heterocycles. The highest BCUT2D eigenvalue weighted by Gasteiger charge is 2.13. The number of hydrogen-bond donors (Lipinski definition) is 1. The lowest BCUT2D eigenvalue weighted by atomic mass is 10.6. The number of nitrogens with zero attached hydrogens (tertiary/aromatic N) is 2. The first-order chi connectivity index (χ1) is 8.07. The van der Waals surface area contributed by atoms with E-state index in [1.807, 2.05) is 22.6 Å². The van der Waals surface area contributed by atoms with E-state index in [4.69, 9.17) is 5.26 Å². The molecular formula is C6H7IN2O6S2. The molecule has 0 atom stereocenters. The summed E-state index contributed by atoms with van der Waals surface area (Å²) >= 11 is 2.54. The number of aromatic nitrogens is 2. The summed E-state index contributed by atoms with van der Waals surface area (Å²) < 4.78 is 31.9. The average molecular weight is 394 g/mol. The number of halogens is 1. The third-order valence-electron chi connectivity index (χ3n) is 1.31. The van der Waals surface area contributed by atoms with Gasteiger partial charge < -0.3 is 4.18 Å². The lowest BCUT2D eigenvalue weighted by Gasteiger charge is -2.04. The van der Waals surface area contributed by atoms with Crippen LogP contribution in [0.4, 0.5) is 0 Å². The molecule has 0 spiro atoms. The molecule has 0 aliphatic heterocycles. The second kappa shape index (κ2) is 7.27. The molecule has 0 saturated carbocycles. The number of hydrogen-bond acceptors (Lipinski definition) is 9. The van der Waals surface area contributed by atoms with Gasteiger partial charge >= 0.3 is 10.1 Å². The average Bonchev–Trinajstić information content (AvgIpc) is 2.26. The summed E-state index contributed by atoms with van der Waals surface area (Å²) in [5, 5.41) is 18.3. The van der Waals surface area contributed by atoms with E-state index in [0.29, 0.717) is 21.4 Å². The Morgan fingerprint density at radius 2 is 2.29 bits per heavy atom. The standard InChI is InChI=1S/C6H7IN2O6S2/c7-1-2-17(11,12)13-6-3-5(4-8-9-6)16-15-14-10/h3-4,10H,1-2H2. The molecule has 17 heavy (non-hydrogen) atoms. The second-order valence-corrected chi connectivity index (χ2v) is 6.03. The van der Waals surface area contributed by atoms with Crippen LogP contribution in [0.3, 0.4) is 0 Å². The molecule has 0 aliphatic rings. The maximum atomic E-state index is 11.3. The molecule has 0 amide bonds. The molecule has 8 nitrogen and oxygen atoms in total. The predicted molar refractivity (Wildman–Crippen MR) is 66.0 cm³/mol. The SMILES string of the molecule is O=S(=O)(CCI)Oc1cc(SOOO)cnn1. The highest BCUT2D eigenvalue weighted by Crippen LogP contribution is 2.21. The van der Waals surface area contributed by atoms with Crippen LogP contribution in [0.2, 0.25) is 0 Å². The molecule has 11 heteroatoms. The Hall–Kier alpha value is -0.210. The Morgan fingerprint density at radius 3 is 2.94 bits per heavy atom. The first kappa shape index (κ1) is 14.8. The normalized spacial score (nSPS) is 11.4. The second-order valence-electron chi connectivity index (χ2n) is 2.49. The van der Waals surface area contributed by atoms with Crippen molar-refractivity contribution < 1.29 is 27.2 Å². The van der Waals surface area contributed by atoms with Crippen LogP contribution in [0.15, 0.2) is 17.2 Å². The Bertz CT molecular complexity index is 456. The van der Waals surface area contributed by atoms with Crippen molar-refractivity contribution in [2.45, 2.75) is 4.90 Å². The fourth-order valence-electron chi connectivity index (χ4n) is 0.738. The molecule has 0 saturated heterocycles. The smallest absolute Gasteiger partial charge is 0.311 e. The summed E-state index contributed by atoms with van der Waals surface area (Å²) in [5.74, 6) is -0.301. The van der Waals surface area contributed by atoms with Crippen LogP contribution in [0.25, 0.3) is 0 Å². The monoisotopic (exact) mass is 394 g/mol. The molecule has 1 rings (SSSR count). The van der Waals surface area contributed by atoms with Crippen LogP contribution in [0.1, 0.15) is 0 Å². The van der Waals surface area contributed by atoms with E-state index in [9.17, 15) is 8.42 Å². The molecule has 0 aliphatic carbocycles. The molecule has 0 radical (unpaired) electrons. The van der Waals surface area contributed by atoms with E-state index < -0.39 is 10.1 Å². The van der Waals surface area contributed by atoms with Crippen LogP contribution in [0.5, 0.6) is 5.88 Å². The highest BCUT2D eigenvalue weighted by molar-refractivity contribution is 14.1. The highest BCUT2D eigenvalue weighted by atomic mass is 127. The first-order valence-corrected chi connectivity index (χ1v) is 7.87. The predicted octanol–water partition coefficient (Wildman–Crippen LogP) is 1.05. The Morgan fingerprint density at radius 1 is 1.53 bits per heavy atom. The lowest BCUT2D eigenvalue weighted by Crippen LogP contribution is -2.15.